The number of aliphatic hydroxyl groups is 1. The van der Waals surface area contributed by atoms with Crippen molar-refractivity contribution in [1.82, 2.24) is 19.9 Å². The number of aromatic nitrogens is 4. The first-order valence-corrected chi connectivity index (χ1v) is 15.1. The maximum absolute atomic E-state index is 13.6. The SMILES string of the molecule is CCC1CC(N(Cc2cc(C(F)(F)F)cc(C(F)(F)F)c2)c2ncc(Br)cn2)CN1c1nc(N2CCC(O)CC2)ncc1Cl. The first-order chi connectivity index (χ1) is 20.7. The third-order valence-corrected chi connectivity index (χ3v) is 8.58. The maximum atomic E-state index is 13.6. The second kappa shape index (κ2) is 12.8. The predicted molar refractivity (Wildman–Crippen MR) is 157 cm³/mol. The zero-order valence-corrected chi connectivity index (χ0v) is 25.8. The Labute approximate surface area is 263 Å². The number of rotatable bonds is 7. The van der Waals surface area contributed by atoms with Crippen LogP contribution in [0.15, 0.2) is 41.3 Å². The molecule has 2 fully saturated rings. The number of hydrogen-bond donors (Lipinski definition) is 1. The molecule has 2 aliphatic rings. The fourth-order valence-electron chi connectivity index (χ4n) is 5.66. The molecule has 238 valence electrons. The largest absolute Gasteiger partial charge is 0.416 e. The van der Waals surface area contributed by atoms with E-state index in [1.807, 2.05) is 16.7 Å². The van der Waals surface area contributed by atoms with Gasteiger partial charge in [0.2, 0.25) is 11.9 Å². The molecular weight excluding hydrogens is 680 g/mol. The zero-order chi connectivity index (χ0) is 31.8. The Bertz CT molecular complexity index is 1420. The Morgan fingerprint density at radius 2 is 1.59 bits per heavy atom. The van der Waals surface area contributed by atoms with E-state index in [1.54, 1.807) is 4.90 Å². The van der Waals surface area contributed by atoms with Crippen LogP contribution in [-0.2, 0) is 18.9 Å². The summed E-state index contributed by atoms with van der Waals surface area (Å²) in [6.07, 6.45) is -3.55. The van der Waals surface area contributed by atoms with Gasteiger partial charge in [0.25, 0.3) is 0 Å². The highest BCUT2D eigenvalue weighted by molar-refractivity contribution is 9.10. The van der Waals surface area contributed by atoms with Gasteiger partial charge in [-0.3, -0.25) is 0 Å². The Balaban J connectivity index is 1.50. The molecule has 0 radical (unpaired) electrons. The third-order valence-electron chi connectivity index (χ3n) is 7.90. The van der Waals surface area contributed by atoms with E-state index in [2.05, 4.69) is 30.9 Å². The van der Waals surface area contributed by atoms with E-state index in [9.17, 15) is 31.4 Å². The van der Waals surface area contributed by atoms with Crippen molar-refractivity contribution in [1.29, 1.82) is 0 Å². The molecule has 16 heteroatoms. The molecule has 0 aliphatic carbocycles. The van der Waals surface area contributed by atoms with Crippen LogP contribution in [-0.4, -0.2) is 62.9 Å². The second-order valence-electron chi connectivity index (χ2n) is 10.9. The fraction of sp³-hybridized carbons (Fsp3) is 0.500. The quantitative estimate of drug-likeness (QED) is 0.271. The molecule has 3 aromatic rings. The monoisotopic (exact) mass is 707 g/mol. The molecule has 2 saturated heterocycles. The van der Waals surface area contributed by atoms with Gasteiger partial charge in [0.15, 0.2) is 5.82 Å². The van der Waals surface area contributed by atoms with Gasteiger partial charge >= 0.3 is 12.4 Å². The number of alkyl halides is 6. The minimum Gasteiger partial charge on any atom is -0.393 e. The van der Waals surface area contributed by atoms with Crippen molar-refractivity contribution in [2.45, 2.75) is 69.7 Å². The number of aliphatic hydroxyl groups excluding tert-OH is 1. The van der Waals surface area contributed by atoms with E-state index in [4.69, 9.17) is 16.6 Å². The van der Waals surface area contributed by atoms with Crippen LogP contribution >= 0.6 is 27.5 Å². The number of anilines is 3. The van der Waals surface area contributed by atoms with E-state index in [-0.39, 0.29) is 36.3 Å². The molecule has 1 N–H and O–H groups in total. The van der Waals surface area contributed by atoms with Crippen LogP contribution in [0.25, 0.3) is 0 Å². The van der Waals surface area contributed by atoms with E-state index in [0.29, 0.717) is 66.6 Å². The summed E-state index contributed by atoms with van der Waals surface area (Å²) in [5, 5.41) is 10.2. The number of piperidine rings is 1. The molecular formula is C28H29BrClF6N7O. The molecule has 0 saturated carbocycles. The Morgan fingerprint density at radius 3 is 2.16 bits per heavy atom. The predicted octanol–water partition coefficient (Wildman–Crippen LogP) is 6.75. The molecule has 4 heterocycles. The lowest BCUT2D eigenvalue weighted by Crippen LogP contribution is -2.39. The van der Waals surface area contributed by atoms with E-state index in [1.165, 1.54) is 18.6 Å². The number of halogens is 8. The van der Waals surface area contributed by atoms with Crippen LogP contribution in [0.1, 0.15) is 49.3 Å². The molecule has 0 bridgehead atoms. The topological polar surface area (TPSA) is 81.5 Å². The Morgan fingerprint density at radius 1 is 0.977 bits per heavy atom. The number of nitrogens with zero attached hydrogens (tertiary/aromatic N) is 7. The van der Waals surface area contributed by atoms with Crippen molar-refractivity contribution < 1.29 is 31.4 Å². The normalized spacial score (nSPS) is 20.0. The lowest BCUT2D eigenvalue weighted by Gasteiger charge is -2.32. The summed E-state index contributed by atoms with van der Waals surface area (Å²) in [5.74, 6) is 1.10. The van der Waals surface area contributed by atoms with Crippen molar-refractivity contribution >= 4 is 45.2 Å². The molecule has 0 spiro atoms. The van der Waals surface area contributed by atoms with Gasteiger partial charge in [0.05, 0.1) is 33.9 Å². The molecule has 44 heavy (non-hydrogen) atoms. The van der Waals surface area contributed by atoms with Gasteiger partial charge in [0.1, 0.15) is 5.02 Å². The van der Waals surface area contributed by atoms with Gasteiger partial charge in [-0.2, -0.15) is 31.3 Å². The standard InChI is InChI=1S/C28H29BrClF6N7O/c1-2-20-10-21(15-42(20)24-23(30)13-39-26(40-24)41-5-3-22(44)4-6-41)43(25-37-11-19(29)12-38-25)14-16-7-17(27(31,32)33)9-18(8-16)28(34,35)36/h7-9,11-13,20-22,44H,2-6,10,14-15H2,1H3. The van der Waals surface area contributed by atoms with Crippen LogP contribution in [0.4, 0.5) is 44.1 Å². The van der Waals surface area contributed by atoms with E-state index < -0.39 is 29.5 Å². The third kappa shape index (κ3) is 7.31. The van der Waals surface area contributed by atoms with Crippen molar-refractivity contribution in [3.05, 3.63) is 63.0 Å². The molecule has 2 aromatic heterocycles. The highest BCUT2D eigenvalue weighted by Gasteiger charge is 2.40. The first kappa shape index (κ1) is 32.5. The molecule has 0 amide bonds. The summed E-state index contributed by atoms with van der Waals surface area (Å²) in [6.45, 7) is 3.13. The fourth-order valence-corrected chi connectivity index (χ4v) is 6.06. The average Bonchev–Trinajstić information content (AvgIpc) is 3.40. The maximum Gasteiger partial charge on any atom is 0.416 e. The van der Waals surface area contributed by atoms with Crippen LogP contribution < -0.4 is 14.7 Å². The molecule has 2 unspecified atom stereocenters. The van der Waals surface area contributed by atoms with Gasteiger partial charge in [-0.25, -0.2) is 15.0 Å². The summed E-state index contributed by atoms with van der Waals surface area (Å²) in [4.78, 5) is 23.4. The number of hydrogen-bond acceptors (Lipinski definition) is 8. The van der Waals surface area contributed by atoms with Gasteiger partial charge in [0, 0.05) is 44.6 Å². The van der Waals surface area contributed by atoms with Gasteiger partial charge < -0.3 is 19.8 Å². The molecule has 8 nitrogen and oxygen atoms in total. The van der Waals surface area contributed by atoms with Crippen LogP contribution in [0, 0.1) is 0 Å². The van der Waals surface area contributed by atoms with Crippen LogP contribution in [0.5, 0.6) is 0 Å². The van der Waals surface area contributed by atoms with Gasteiger partial charge in [-0.05, 0) is 65.4 Å². The summed E-state index contributed by atoms with van der Waals surface area (Å²) in [6, 6.07) is 1.06. The zero-order valence-electron chi connectivity index (χ0n) is 23.5. The first-order valence-electron chi connectivity index (χ1n) is 14.0. The minimum atomic E-state index is -4.97. The minimum absolute atomic E-state index is 0.103. The van der Waals surface area contributed by atoms with E-state index in [0.717, 1.165) is 12.1 Å². The number of benzene rings is 1. The Kier molecular flexibility index (Phi) is 9.47. The van der Waals surface area contributed by atoms with E-state index >= 15 is 0 Å². The smallest absolute Gasteiger partial charge is 0.393 e. The molecule has 1 aromatic carbocycles. The van der Waals surface area contributed by atoms with Crippen molar-refractivity contribution in [3.8, 4) is 0 Å². The average molecular weight is 709 g/mol. The lowest BCUT2D eigenvalue weighted by molar-refractivity contribution is -0.143. The molecule has 5 rings (SSSR count). The summed E-state index contributed by atoms with van der Waals surface area (Å²) < 4.78 is 82.4. The summed E-state index contributed by atoms with van der Waals surface area (Å²) in [7, 11) is 0. The van der Waals surface area contributed by atoms with Crippen LogP contribution in [0.3, 0.4) is 0 Å². The Hall–Kier alpha value is -2.91. The highest BCUT2D eigenvalue weighted by atomic mass is 79.9. The summed E-state index contributed by atoms with van der Waals surface area (Å²) >= 11 is 9.86. The van der Waals surface area contributed by atoms with Gasteiger partial charge in [-0.15, -0.1) is 0 Å². The van der Waals surface area contributed by atoms with Crippen LogP contribution in [0.2, 0.25) is 5.02 Å². The second-order valence-corrected chi connectivity index (χ2v) is 12.2. The highest BCUT2D eigenvalue weighted by Crippen LogP contribution is 2.39. The summed E-state index contributed by atoms with van der Waals surface area (Å²) in [5.41, 5.74) is -2.95. The molecule has 2 aliphatic heterocycles. The van der Waals surface area contributed by atoms with Crippen molar-refractivity contribution in [3.63, 3.8) is 0 Å². The lowest BCUT2D eigenvalue weighted by atomic mass is 10.0. The molecule has 2 atom stereocenters. The van der Waals surface area contributed by atoms with Crippen molar-refractivity contribution in [2.24, 2.45) is 0 Å². The van der Waals surface area contributed by atoms with Gasteiger partial charge in [-0.1, -0.05) is 18.5 Å². The van der Waals surface area contributed by atoms with Crippen molar-refractivity contribution in [2.75, 3.05) is 34.3 Å².